The van der Waals surface area contributed by atoms with E-state index in [4.69, 9.17) is 9.47 Å². The molecule has 0 spiro atoms. The Kier molecular flexibility index (Phi) is 5.58. The van der Waals surface area contributed by atoms with Crippen LogP contribution in [0.3, 0.4) is 0 Å². The minimum atomic E-state index is 0.640. The van der Waals surface area contributed by atoms with Crippen molar-refractivity contribution in [2.75, 3.05) is 19.0 Å². The highest BCUT2D eigenvalue weighted by Crippen LogP contribution is 2.24. The smallest absolute Gasteiger partial charge is 0.160 e. The molecule has 0 fully saturated rings. The first-order valence-corrected chi connectivity index (χ1v) is 7.13. The maximum atomic E-state index is 5.51. The van der Waals surface area contributed by atoms with Gasteiger partial charge in [0.05, 0.1) is 25.6 Å². The first-order valence-electron chi connectivity index (χ1n) is 7.13. The van der Waals surface area contributed by atoms with Gasteiger partial charge in [-0.2, -0.15) is 0 Å². The van der Waals surface area contributed by atoms with Crippen LogP contribution in [0.15, 0.2) is 36.5 Å². The summed E-state index contributed by atoms with van der Waals surface area (Å²) in [5.74, 6) is 0.753. The second kappa shape index (κ2) is 7.64. The molecule has 0 unspecified atom stereocenters. The van der Waals surface area contributed by atoms with Gasteiger partial charge in [0, 0.05) is 18.8 Å². The first-order chi connectivity index (χ1) is 10.2. The SMILES string of the molecule is CCOCc1ccccc1CNc1cc(C)ncc1OC. The number of nitrogens with one attached hydrogen (secondary N) is 1. The zero-order chi connectivity index (χ0) is 15.1. The number of rotatable bonds is 7. The summed E-state index contributed by atoms with van der Waals surface area (Å²) < 4.78 is 10.8. The zero-order valence-electron chi connectivity index (χ0n) is 12.8. The monoisotopic (exact) mass is 286 g/mol. The van der Waals surface area contributed by atoms with E-state index in [9.17, 15) is 0 Å². The lowest BCUT2D eigenvalue weighted by Gasteiger charge is -2.14. The Balaban J connectivity index is 2.11. The van der Waals surface area contributed by atoms with Gasteiger partial charge in [-0.15, -0.1) is 0 Å². The second-order valence-corrected chi connectivity index (χ2v) is 4.79. The summed E-state index contributed by atoms with van der Waals surface area (Å²) in [6, 6.07) is 10.3. The van der Waals surface area contributed by atoms with Crippen molar-refractivity contribution in [2.45, 2.75) is 27.0 Å². The van der Waals surface area contributed by atoms with Gasteiger partial charge in [-0.3, -0.25) is 4.98 Å². The van der Waals surface area contributed by atoms with Gasteiger partial charge in [-0.1, -0.05) is 24.3 Å². The van der Waals surface area contributed by atoms with Crippen molar-refractivity contribution in [1.29, 1.82) is 0 Å². The third-order valence-corrected chi connectivity index (χ3v) is 3.27. The average molecular weight is 286 g/mol. The average Bonchev–Trinajstić information content (AvgIpc) is 2.52. The summed E-state index contributed by atoms with van der Waals surface area (Å²) >= 11 is 0. The maximum Gasteiger partial charge on any atom is 0.160 e. The van der Waals surface area contributed by atoms with Crippen LogP contribution in [0.1, 0.15) is 23.7 Å². The number of aromatic nitrogens is 1. The minimum absolute atomic E-state index is 0.640. The third kappa shape index (κ3) is 4.20. The molecule has 0 aliphatic carbocycles. The lowest BCUT2D eigenvalue weighted by Crippen LogP contribution is -2.06. The highest BCUT2D eigenvalue weighted by molar-refractivity contribution is 5.56. The lowest BCUT2D eigenvalue weighted by atomic mass is 10.1. The Morgan fingerprint density at radius 3 is 2.67 bits per heavy atom. The fraction of sp³-hybridized carbons (Fsp3) is 0.353. The molecule has 2 aromatic rings. The van der Waals surface area contributed by atoms with E-state index in [2.05, 4.69) is 22.4 Å². The van der Waals surface area contributed by atoms with Gasteiger partial charge >= 0.3 is 0 Å². The van der Waals surface area contributed by atoms with Crippen LogP contribution in [0.25, 0.3) is 0 Å². The quantitative estimate of drug-likeness (QED) is 0.845. The largest absolute Gasteiger partial charge is 0.493 e. The molecular formula is C17H22N2O2. The molecule has 0 saturated carbocycles. The molecule has 1 aromatic carbocycles. The number of ether oxygens (including phenoxy) is 2. The topological polar surface area (TPSA) is 43.4 Å². The summed E-state index contributed by atoms with van der Waals surface area (Å²) in [6.45, 7) is 6.06. The maximum absolute atomic E-state index is 5.51. The molecule has 21 heavy (non-hydrogen) atoms. The third-order valence-electron chi connectivity index (χ3n) is 3.27. The van der Waals surface area contributed by atoms with Gasteiger partial charge in [-0.25, -0.2) is 0 Å². The van der Waals surface area contributed by atoms with Crippen LogP contribution in [0.2, 0.25) is 0 Å². The molecule has 0 radical (unpaired) electrons. The van der Waals surface area contributed by atoms with Gasteiger partial charge in [0.15, 0.2) is 5.75 Å². The summed E-state index contributed by atoms with van der Waals surface area (Å²) in [4.78, 5) is 4.24. The van der Waals surface area contributed by atoms with Crippen LogP contribution < -0.4 is 10.1 Å². The fourth-order valence-electron chi connectivity index (χ4n) is 2.12. The molecule has 112 valence electrons. The molecule has 1 N–H and O–H groups in total. The Morgan fingerprint density at radius 2 is 1.95 bits per heavy atom. The Morgan fingerprint density at radius 1 is 1.19 bits per heavy atom. The van der Waals surface area contributed by atoms with E-state index in [1.54, 1.807) is 13.3 Å². The van der Waals surface area contributed by atoms with E-state index in [1.165, 1.54) is 11.1 Å². The van der Waals surface area contributed by atoms with Crippen molar-refractivity contribution < 1.29 is 9.47 Å². The van der Waals surface area contributed by atoms with Crippen LogP contribution in [0.5, 0.6) is 5.75 Å². The normalized spacial score (nSPS) is 10.4. The number of pyridine rings is 1. The molecule has 2 rings (SSSR count). The molecule has 4 heteroatoms. The molecule has 0 aliphatic rings. The summed E-state index contributed by atoms with van der Waals surface area (Å²) in [6.07, 6.45) is 1.74. The molecule has 1 heterocycles. The standard InChI is InChI=1S/C17H22N2O2/c1-4-21-12-15-8-6-5-7-14(15)10-19-16-9-13(2)18-11-17(16)20-3/h5-9,11H,4,10,12H2,1-3H3,(H,18,19). The number of hydrogen-bond acceptors (Lipinski definition) is 4. The molecule has 0 saturated heterocycles. The molecule has 0 amide bonds. The molecule has 0 aliphatic heterocycles. The minimum Gasteiger partial charge on any atom is -0.493 e. The van der Waals surface area contributed by atoms with Crippen molar-refractivity contribution in [3.63, 3.8) is 0 Å². The van der Waals surface area contributed by atoms with E-state index in [0.717, 1.165) is 30.3 Å². The van der Waals surface area contributed by atoms with E-state index in [0.29, 0.717) is 6.61 Å². The Labute approximate surface area is 126 Å². The zero-order valence-corrected chi connectivity index (χ0v) is 12.8. The number of hydrogen-bond donors (Lipinski definition) is 1. The first kappa shape index (κ1) is 15.3. The van der Waals surface area contributed by atoms with Crippen LogP contribution in [-0.2, 0) is 17.9 Å². The van der Waals surface area contributed by atoms with Gasteiger partial charge in [0.2, 0.25) is 0 Å². The fourth-order valence-corrected chi connectivity index (χ4v) is 2.12. The van der Waals surface area contributed by atoms with Gasteiger partial charge in [0.1, 0.15) is 0 Å². The lowest BCUT2D eigenvalue weighted by molar-refractivity contribution is 0.133. The predicted molar refractivity (Wildman–Crippen MR) is 84.6 cm³/mol. The highest BCUT2D eigenvalue weighted by atomic mass is 16.5. The van der Waals surface area contributed by atoms with Crippen molar-refractivity contribution in [3.8, 4) is 5.75 Å². The van der Waals surface area contributed by atoms with Crippen molar-refractivity contribution >= 4 is 5.69 Å². The summed E-state index contributed by atoms with van der Waals surface area (Å²) in [5.41, 5.74) is 4.34. The van der Waals surface area contributed by atoms with Crippen LogP contribution in [0, 0.1) is 6.92 Å². The number of anilines is 1. The molecular weight excluding hydrogens is 264 g/mol. The summed E-state index contributed by atoms with van der Waals surface area (Å²) in [7, 11) is 1.65. The number of benzene rings is 1. The number of nitrogens with zero attached hydrogens (tertiary/aromatic N) is 1. The van der Waals surface area contributed by atoms with Crippen LogP contribution in [-0.4, -0.2) is 18.7 Å². The Hall–Kier alpha value is -2.07. The van der Waals surface area contributed by atoms with E-state index < -0.39 is 0 Å². The van der Waals surface area contributed by atoms with Crippen molar-refractivity contribution in [2.24, 2.45) is 0 Å². The van der Waals surface area contributed by atoms with Gasteiger partial charge in [-0.05, 0) is 31.0 Å². The van der Waals surface area contributed by atoms with E-state index in [1.807, 2.05) is 32.0 Å². The van der Waals surface area contributed by atoms with E-state index >= 15 is 0 Å². The number of aryl methyl sites for hydroxylation is 1. The molecule has 0 atom stereocenters. The van der Waals surface area contributed by atoms with E-state index in [-0.39, 0.29) is 0 Å². The molecule has 4 nitrogen and oxygen atoms in total. The van der Waals surface area contributed by atoms with Crippen LogP contribution in [0.4, 0.5) is 5.69 Å². The predicted octanol–water partition coefficient (Wildman–Crippen LogP) is 3.55. The highest BCUT2D eigenvalue weighted by Gasteiger charge is 2.06. The number of methoxy groups -OCH3 is 1. The van der Waals surface area contributed by atoms with Gasteiger partial charge < -0.3 is 14.8 Å². The van der Waals surface area contributed by atoms with Crippen LogP contribution >= 0.6 is 0 Å². The Bertz CT molecular complexity index is 585. The summed E-state index contributed by atoms with van der Waals surface area (Å²) in [5, 5.41) is 3.42. The second-order valence-electron chi connectivity index (χ2n) is 4.79. The molecule has 0 bridgehead atoms. The molecule has 1 aromatic heterocycles. The van der Waals surface area contributed by atoms with Gasteiger partial charge in [0.25, 0.3) is 0 Å². The van der Waals surface area contributed by atoms with Crippen molar-refractivity contribution in [1.82, 2.24) is 4.98 Å². The van der Waals surface area contributed by atoms with Crippen molar-refractivity contribution in [3.05, 3.63) is 53.3 Å².